The second-order valence-electron chi connectivity index (χ2n) is 2.96. The molecule has 0 amide bonds. The normalized spacial score (nSPS) is 10.1. The summed E-state index contributed by atoms with van der Waals surface area (Å²) < 4.78 is 5.36. The summed E-state index contributed by atoms with van der Waals surface area (Å²) in [5, 5.41) is 1.23. The van der Waals surface area contributed by atoms with Gasteiger partial charge in [-0.05, 0) is 18.2 Å². The Morgan fingerprint density at radius 1 is 1.53 bits per heavy atom. The van der Waals surface area contributed by atoms with Crippen LogP contribution < -0.4 is 4.74 Å². The van der Waals surface area contributed by atoms with Crippen molar-refractivity contribution in [1.29, 1.82) is 0 Å². The molecule has 0 fully saturated rings. The van der Waals surface area contributed by atoms with E-state index >= 15 is 0 Å². The highest BCUT2D eigenvalue weighted by Gasteiger charge is 2.07. The van der Waals surface area contributed by atoms with Gasteiger partial charge in [-0.3, -0.25) is 4.79 Å². The van der Waals surface area contributed by atoms with E-state index in [1.54, 1.807) is 18.2 Å². The van der Waals surface area contributed by atoms with E-state index in [2.05, 4.69) is 15.9 Å². The fraction of sp³-hybridized carbons (Fsp3) is 0.364. The number of rotatable bonds is 5. The number of carbonyl (C=O) groups excluding carboxylic acids is 1. The number of hydrogen-bond donors (Lipinski definition) is 0. The van der Waals surface area contributed by atoms with E-state index in [0.29, 0.717) is 29.4 Å². The van der Waals surface area contributed by atoms with Crippen molar-refractivity contribution in [1.82, 2.24) is 0 Å². The molecule has 0 spiro atoms. The topological polar surface area (TPSA) is 26.3 Å². The molecular weight excluding hydrogens is 279 g/mol. The van der Waals surface area contributed by atoms with Crippen molar-refractivity contribution in [3.63, 3.8) is 0 Å². The van der Waals surface area contributed by atoms with Crippen LogP contribution in [0.1, 0.15) is 23.7 Å². The lowest BCUT2D eigenvalue weighted by atomic mass is 10.1. The van der Waals surface area contributed by atoms with Crippen LogP contribution in [0.15, 0.2) is 18.2 Å². The van der Waals surface area contributed by atoms with Crippen LogP contribution in [0.3, 0.4) is 0 Å². The van der Waals surface area contributed by atoms with Crippen LogP contribution in [0.25, 0.3) is 0 Å². The van der Waals surface area contributed by atoms with Gasteiger partial charge in [0.05, 0.1) is 11.6 Å². The molecule has 0 saturated carbocycles. The number of hydrogen-bond acceptors (Lipinski definition) is 2. The molecule has 4 heteroatoms. The third-order valence-corrected chi connectivity index (χ3v) is 2.53. The Labute approximate surface area is 103 Å². The lowest BCUT2D eigenvalue weighted by Crippen LogP contribution is -2.00. The van der Waals surface area contributed by atoms with Gasteiger partial charge in [-0.2, -0.15) is 0 Å². The van der Waals surface area contributed by atoms with Crippen molar-refractivity contribution >= 4 is 33.3 Å². The van der Waals surface area contributed by atoms with Crippen LogP contribution in [0, 0.1) is 0 Å². The molecule has 0 atom stereocenters. The van der Waals surface area contributed by atoms with Crippen molar-refractivity contribution in [2.45, 2.75) is 13.3 Å². The molecule has 0 aliphatic carbocycles. The lowest BCUT2D eigenvalue weighted by molar-refractivity contribution is 0.0988. The maximum atomic E-state index is 11.4. The smallest absolute Gasteiger partial charge is 0.162 e. The van der Waals surface area contributed by atoms with E-state index in [1.165, 1.54) is 0 Å². The van der Waals surface area contributed by atoms with Crippen LogP contribution in [0.5, 0.6) is 5.75 Å². The van der Waals surface area contributed by atoms with Crippen molar-refractivity contribution in [3.05, 3.63) is 28.8 Å². The standard InChI is InChI=1S/C11H12BrClO2/c1-2-10(14)8-3-4-11(9(13)7-8)15-6-5-12/h3-4,7H,2,5-6H2,1H3. The van der Waals surface area contributed by atoms with Crippen LogP contribution in [0.2, 0.25) is 5.02 Å². The Kier molecular flexibility index (Phi) is 5.12. The molecule has 0 N–H and O–H groups in total. The summed E-state index contributed by atoms with van der Waals surface area (Å²) in [6, 6.07) is 5.12. The minimum Gasteiger partial charge on any atom is -0.491 e. The van der Waals surface area contributed by atoms with Gasteiger partial charge in [-0.1, -0.05) is 34.5 Å². The minimum absolute atomic E-state index is 0.0870. The summed E-state index contributed by atoms with van der Waals surface area (Å²) in [7, 11) is 0. The Morgan fingerprint density at radius 3 is 2.80 bits per heavy atom. The van der Waals surface area contributed by atoms with E-state index in [-0.39, 0.29) is 5.78 Å². The summed E-state index contributed by atoms with van der Waals surface area (Å²) in [5.41, 5.74) is 0.633. The second kappa shape index (κ2) is 6.13. The molecule has 1 rings (SSSR count). The molecule has 0 aliphatic heterocycles. The highest BCUT2D eigenvalue weighted by molar-refractivity contribution is 9.09. The van der Waals surface area contributed by atoms with Gasteiger partial charge < -0.3 is 4.74 Å². The Balaban J connectivity index is 2.83. The monoisotopic (exact) mass is 290 g/mol. The zero-order valence-corrected chi connectivity index (χ0v) is 10.8. The van der Waals surface area contributed by atoms with Crippen molar-refractivity contribution in [3.8, 4) is 5.75 Å². The van der Waals surface area contributed by atoms with Gasteiger partial charge in [0.25, 0.3) is 0 Å². The molecule has 15 heavy (non-hydrogen) atoms. The van der Waals surface area contributed by atoms with Crippen molar-refractivity contribution in [2.75, 3.05) is 11.9 Å². The van der Waals surface area contributed by atoms with Crippen LogP contribution in [-0.2, 0) is 0 Å². The third-order valence-electron chi connectivity index (χ3n) is 1.91. The molecule has 82 valence electrons. The van der Waals surface area contributed by atoms with Gasteiger partial charge in [0.1, 0.15) is 5.75 Å². The zero-order valence-electron chi connectivity index (χ0n) is 8.43. The summed E-state index contributed by atoms with van der Waals surface area (Å²) >= 11 is 9.23. The molecule has 2 nitrogen and oxygen atoms in total. The average molecular weight is 292 g/mol. The number of ether oxygens (including phenoxy) is 1. The first-order chi connectivity index (χ1) is 7.19. The predicted octanol–water partition coefficient (Wildman–Crippen LogP) is 3.71. The number of Topliss-reactive ketones (excluding diaryl/α,β-unsaturated/α-hetero) is 1. The first-order valence-electron chi connectivity index (χ1n) is 4.70. The minimum atomic E-state index is 0.0870. The van der Waals surface area contributed by atoms with Crippen LogP contribution in [-0.4, -0.2) is 17.7 Å². The summed E-state index contributed by atoms with van der Waals surface area (Å²) in [6.45, 7) is 2.38. The second-order valence-corrected chi connectivity index (χ2v) is 4.16. The fourth-order valence-electron chi connectivity index (χ4n) is 1.14. The number of carbonyl (C=O) groups is 1. The molecule has 0 radical (unpaired) electrons. The lowest BCUT2D eigenvalue weighted by Gasteiger charge is -2.07. The predicted molar refractivity (Wildman–Crippen MR) is 65.4 cm³/mol. The Bertz CT molecular complexity index is 352. The summed E-state index contributed by atoms with van der Waals surface area (Å²) in [4.78, 5) is 11.4. The molecule has 0 bridgehead atoms. The largest absolute Gasteiger partial charge is 0.491 e. The quantitative estimate of drug-likeness (QED) is 0.611. The average Bonchev–Trinajstić information content (AvgIpc) is 2.26. The maximum Gasteiger partial charge on any atom is 0.162 e. The van der Waals surface area contributed by atoms with E-state index < -0.39 is 0 Å². The zero-order chi connectivity index (χ0) is 11.3. The van der Waals surface area contributed by atoms with Gasteiger partial charge in [0.2, 0.25) is 0 Å². The highest BCUT2D eigenvalue weighted by Crippen LogP contribution is 2.25. The van der Waals surface area contributed by atoms with Crippen molar-refractivity contribution < 1.29 is 9.53 Å². The van der Waals surface area contributed by atoms with Gasteiger partial charge >= 0.3 is 0 Å². The van der Waals surface area contributed by atoms with Gasteiger partial charge in [-0.25, -0.2) is 0 Å². The first-order valence-corrected chi connectivity index (χ1v) is 6.20. The van der Waals surface area contributed by atoms with E-state index in [4.69, 9.17) is 16.3 Å². The van der Waals surface area contributed by atoms with E-state index in [9.17, 15) is 4.79 Å². The highest BCUT2D eigenvalue weighted by atomic mass is 79.9. The molecule has 1 aromatic rings. The molecule has 1 aromatic carbocycles. The number of benzene rings is 1. The van der Waals surface area contributed by atoms with Gasteiger partial charge in [-0.15, -0.1) is 0 Å². The molecule has 0 aromatic heterocycles. The molecule has 0 saturated heterocycles. The molecular formula is C11H12BrClO2. The number of ketones is 1. The third kappa shape index (κ3) is 3.50. The van der Waals surface area contributed by atoms with Gasteiger partial charge in [0.15, 0.2) is 5.78 Å². The van der Waals surface area contributed by atoms with E-state index in [1.807, 2.05) is 6.92 Å². The SMILES string of the molecule is CCC(=O)c1ccc(OCCBr)c(Cl)c1. The molecule has 0 aliphatic rings. The van der Waals surface area contributed by atoms with Crippen molar-refractivity contribution in [2.24, 2.45) is 0 Å². The molecule has 0 heterocycles. The summed E-state index contributed by atoms with van der Waals surface area (Å²) in [6.07, 6.45) is 0.484. The summed E-state index contributed by atoms with van der Waals surface area (Å²) in [5.74, 6) is 0.702. The van der Waals surface area contributed by atoms with Crippen LogP contribution in [0.4, 0.5) is 0 Å². The molecule has 0 unspecified atom stereocenters. The maximum absolute atomic E-state index is 11.4. The Hall–Kier alpha value is -0.540. The van der Waals surface area contributed by atoms with E-state index in [0.717, 1.165) is 5.33 Å². The Morgan fingerprint density at radius 2 is 2.27 bits per heavy atom. The van der Waals surface area contributed by atoms with Gasteiger partial charge in [0, 0.05) is 17.3 Å². The number of halogens is 2. The fourth-order valence-corrected chi connectivity index (χ4v) is 1.54. The number of alkyl halides is 1. The first kappa shape index (κ1) is 12.5. The van der Waals surface area contributed by atoms with Crippen LogP contribution >= 0.6 is 27.5 Å².